The standard InChI is InChI=1S/C8H4F4N2O6/c9-7(10)19-5-2-6(20-8(11)12)4(14(17)18)1-3(5)13(15)16/h1-2,7-8H. The Morgan fingerprint density at radius 1 is 0.850 bits per heavy atom. The first-order valence-electron chi connectivity index (χ1n) is 4.58. The molecule has 0 N–H and O–H groups in total. The Morgan fingerprint density at radius 2 is 1.20 bits per heavy atom. The molecule has 0 saturated heterocycles. The van der Waals surface area contributed by atoms with Crippen LogP contribution in [0.4, 0.5) is 28.9 Å². The lowest BCUT2D eigenvalue weighted by molar-refractivity contribution is -0.396. The van der Waals surface area contributed by atoms with Crippen molar-refractivity contribution >= 4 is 11.4 Å². The van der Waals surface area contributed by atoms with Gasteiger partial charge in [-0.05, 0) is 0 Å². The van der Waals surface area contributed by atoms with E-state index in [9.17, 15) is 37.8 Å². The Bertz CT molecular complexity index is 495. The molecule has 0 fully saturated rings. The van der Waals surface area contributed by atoms with Crippen molar-refractivity contribution in [3.8, 4) is 11.5 Å². The molecule has 0 radical (unpaired) electrons. The number of benzene rings is 1. The summed E-state index contributed by atoms with van der Waals surface area (Å²) in [6.45, 7) is -6.98. The van der Waals surface area contributed by atoms with Gasteiger partial charge < -0.3 is 9.47 Å². The Kier molecular flexibility index (Phi) is 4.61. The number of ether oxygens (including phenoxy) is 2. The van der Waals surface area contributed by atoms with Crippen molar-refractivity contribution < 1.29 is 36.9 Å². The molecule has 0 atom stereocenters. The number of nitrogens with zero attached hydrogens (tertiary/aromatic N) is 2. The molecule has 0 aliphatic heterocycles. The molecular formula is C8H4F4N2O6. The number of hydrogen-bond donors (Lipinski definition) is 0. The van der Waals surface area contributed by atoms with Crippen LogP contribution in [0.3, 0.4) is 0 Å². The highest BCUT2D eigenvalue weighted by Crippen LogP contribution is 2.40. The molecule has 0 unspecified atom stereocenters. The van der Waals surface area contributed by atoms with E-state index in [1.807, 2.05) is 0 Å². The van der Waals surface area contributed by atoms with Crippen LogP contribution in [-0.2, 0) is 0 Å². The molecule has 0 aromatic heterocycles. The topological polar surface area (TPSA) is 105 Å². The second-order valence-electron chi connectivity index (χ2n) is 3.06. The van der Waals surface area contributed by atoms with E-state index in [1.54, 1.807) is 0 Å². The molecule has 0 heterocycles. The molecule has 110 valence electrons. The summed E-state index contributed by atoms with van der Waals surface area (Å²) >= 11 is 0. The Hall–Kier alpha value is -2.66. The number of alkyl halides is 4. The number of nitro benzene ring substituents is 2. The molecule has 0 aliphatic carbocycles. The maximum absolute atomic E-state index is 12.0. The summed E-state index contributed by atoms with van der Waals surface area (Å²) in [7, 11) is 0. The van der Waals surface area contributed by atoms with E-state index in [0.717, 1.165) is 0 Å². The SMILES string of the molecule is O=[N+]([O-])c1cc([N+](=O)[O-])c(OC(F)F)cc1OC(F)F. The van der Waals surface area contributed by atoms with Crippen LogP contribution in [-0.4, -0.2) is 23.1 Å². The van der Waals surface area contributed by atoms with Crippen molar-refractivity contribution in [1.29, 1.82) is 0 Å². The van der Waals surface area contributed by atoms with E-state index in [4.69, 9.17) is 0 Å². The van der Waals surface area contributed by atoms with Crippen molar-refractivity contribution in [3.63, 3.8) is 0 Å². The van der Waals surface area contributed by atoms with E-state index in [-0.39, 0.29) is 12.1 Å². The fourth-order valence-electron chi connectivity index (χ4n) is 1.20. The minimum Gasteiger partial charge on any atom is -0.427 e. The second kappa shape index (κ2) is 5.99. The van der Waals surface area contributed by atoms with Crippen molar-refractivity contribution in [2.45, 2.75) is 13.2 Å². The first-order chi connectivity index (χ1) is 9.22. The lowest BCUT2D eigenvalue weighted by Gasteiger charge is -2.09. The van der Waals surface area contributed by atoms with Crippen LogP contribution in [0.25, 0.3) is 0 Å². The van der Waals surface area contributed by atoms with Crippen molar-refractivity contribution in [2.75, 3.05) is 0 Å². The van der Waals surface area contributed by atoms with Gasteiger partial charge in [-0.1, -0.05) is 0 Å². The Morgan fingerprint density at radius 3 is 1.45 bits per heavy atom. The van der Waals surface area contributed by atoms with Gasteiger partial charge in [0.15, 0.2) is 0 Å². The predicted octanol–water partition coefficient (Wildman–Crippen LogP) is 2.71. The molecule has 0 aliphatic rings. The monoisotopic (exact) mass is 300 g/mol. The van der Waals surface area contributed by atoms with Crippen molar-refractivity contribution in [1.82, 2.24) is 0 Å². The zero-order valence-corrected chi connectivity index (χ0v) is 9.17. The van der Waals surface area contributed by atoms with E-state index in [0.29, 0.717) is 0 Å². The fourth-order valence-corrected chi connectivity index (χ4v) is 1.20. The average molecular weight is 300 g/mol. The van der Waals surface area contributed by atoms with Crippen LogP contribution in [0.5, 0.6) is 11.5 Å². The van der Waals surface area contributed by atoms with Gasteiger partial charge in [-0.2, -0.15) is 17.6 Å². The first kappa shape index (κ1) is 15.4. The summed E-state index contributed by atoms with van der Waals surface area (Å²) in [4.78, 5) is 18.7. The highest BCUT2D eigenvalue weighted by molar-refractivity contribution is 5.61. The van der Waals surface area contributed by atoms with Gasteiger partial charge in [0.25, 0.3) is 0 Å². The van der Waals surface area contributed by atoms with Gasteiger partial charge in [0.1, 0.15) is 6.07 Å². The van der Waals surface area contributed by atoms with Crippen LogP contribution >= 0.6 is 0 Å². The first-order valence-corrected chi connectivity index (χ1v) is 4.58. The number of rotatable bonds is 6. The normalized spacial score (nSPS) is 10.7. The van der Waals surface area contributed by atoms with E-state index >= 15 is 0 Å². The quantitative estimate of drug-likeness (QED) is 0.454. The van der Waals surface area contributed by atoms with Gasteiger partial charge in [-0.15, -0.1) is 0 Å². The van der Waals surface area contributed by atoms with E-state index in [1.165, 1.54) is 0 Å². The van der Waals surface area contributed by atoms with Gasteiger partial charge in [0.05, 0.1) is 9.85 Å². The zero-order chi connectivity index (χ0) is 15.4. The number of hydrogen-bond acceptors (Lipinski definition) is 6. The van der Waals surface area contributed by atoms with Gasteiger partial charge in [-0.3, -0.25) is 20.2 Å². The van der Waals surface area contributed by atoms with Crippen LogP contribution < -0.4 is 9.47 Å². The number of halogens is 4. The molecule has 8 nitrogen and oxygen atoms in total. The highest BCUT2D eigenvalue weighted by Gasteiger charge is 2.29. The van der Waals surface area contributed by atoms with Gasteiger partial charge in [-0.25, -0.2) is 0 Å². The summed E-state index contributed by atoms with van der Waals surface area (Å²) in [6, 6.07) is 0.421. The molecule has 12 heteroatoms. The Labute approximate surface area is 106 Å². The van der Waals surface area contributed by atoms with Crippen molar-refractivity contribution in [2.24, 2.45) is 0 Å². The van der Waals surface area contributed by atoms with Crippen LogP contribution in [0.1, 0.15) is 0 Å². The fraction of sp³-hybridized carbons (Fsp3) is 0.250. The molecule has 0 saturated carbocycles. The maximum atomic E-state index is 12.0. The molecule has 1 rings (SSSR count). The zero-order valence-electron chi connectivity index (χ0n) is 9.17. The van der Waals surface area contributed by atoms with Gasteiger partial charge >= 0.3 is 24.6 Å². The Balaban J connectivity index is 3.42. The maximum Gasteiger partial charge on any atom is 0.387 e. The van der Waals surface area contributed by atoms with Gasteiger partial charge in [0.2, 0.25) is 11.5 Å². The third kappa shape index (κ3) is 3.66. The highest BCUT2D eigenvalue weighted by atomic mass is 19.3. The van der Waals surface area contributed by atoms with E-state index < -0.39 is 45.9 Å². The van der Waals surface area contributed by atoms with Crippen molar-refractivity contribution in [3.05, 3.63) is 32.4 Å². The summed E-state index contributed by atoms with van der Waals surface area (Å²) in [6.07, 6.45) is 0. The lowest BCUT2D eigenvalue weighted by atomic mass is 10.2. The lowest BCUT2D eigenvalue weighted by Crippen LogP contribution is -2.08. The summed E-state index contributed by atoms with van der Waals surface area (Å²) < 4.78 is 55.7. The molecule has 0 spiro atoms. The van der Waals surface area contributed by atoms with Gasteiger partial charge in [0, 0.05) is 6.07 Å². The molecule has 0 amide bonds. The van der Waals surface area contributed by atoms with Crippen LogP contribution in [0, 0.1) is 20.2 Å². The summed E-state index contributed by atoms with van der Waals surface area (Å²) in [5.41, 5.74) is -2.36. The molecule has 0 bridgehead atoms. The summed E-state index contributed by atoms with van der Waals surface area (Å²) in [5, 5.41) is 21.2. The largest absolute Gasteiger partial charge is 0.427 e. The third-order valence-corrected chi connectivity index (χ3v) is 1.87. The molecule has 20 heavy (non-hydrogen) atoms. The molecule has 1 aromatic rings. The minimum atomic E-state index is -3.49. The second-order valence-corrected chi connectivity index (χ2v) is 3.06. The average Bonchev–Trinajstić information content (AvgIpc) is 2.26. The molecular weight excluding hydrogens is 296 g/mol. The predicted molar refractivity (Wildman–Crippen MR) is 53.0 cm³/mol. The van der Waals surface area contributed by atoms with Crippen LogP contribution in [0.2, 0.25) is 0 Å². The third-order valence-electron chi connectivity index (χ3n) is 1.87. The smallest absolute Gasteiger partial charge is 0.387 e. The van der Waals surface area contributed by atoms with E-state index in [2.05, 4.69) is 9.47 Å². The minimum absolute atomic E-state index is 0.190. The number of nitro groups is 2. The molecule has 1 aromatic carbocycles. The summed E-state index contributed by atoms with van der Waals surface area (Å²) in [5.74, 6) is -2.27. The van der Waals surface area contributed by atoms with Crippen LogP contribution in [0.15, 0.2) is 12.1 Å².